The van der Waals surface area contributed by atoms with Crippen molar-refractivity contribution in [3.8, 4) is 0 Å². The van der Waals surface area contributed by atoms with Crippen LogP contribution in [0.2, 0.25) is 10.0 Å². The minimum Gasteiger partial charge on any atom is -0.361 e. The number of rotatable bonds is 6. The Morgan fingerprint density at radius 2 is 1.89 bits per heavy atom. The van der Waals surface area contributed by atoms with Crippen molar-refractivity contribution in [2.45, 2.75) is 19.4 Å². The van der Waals surface area contributed by atoms with Crippen LogP contribution in [0.4, 0.5) is 5.69 Å². The Kier molecular flexibility index (Phi) is 5.37. The lowest BCUT2D eigenvalue weighted by Gasteiger charge is -2.06. The summed E-state index contributed by atoms with van der Waals surface area (Å²) in [5, 5.41) is 9.50. The number of benzene rings is 2. The van der Waals surface area contributed by atoms with E-state index in [2.05, 4.69) is 21.5 Å². The van der Waals surface area contributed by atoms with Crippen LogP contribution in [0.3, 0.4) is 0 Å². The number of hydrogen-bond acceptors (Lipinski definition) is 2. The second-order valence-electron chi connectivity index (χ2n) is 6.53. The van der Waals surface area contributed by atoms with Crippen molar-refractivity contribution < 1.29 is 4.79 Å². The third kappa shape index (κ3) is 4.06. The van der Waals surface area contributed by atoms with E-state index in [0.29, 0.717) is 35.1 Å². The van der Waals surface area contributed by atoms with E-state index in [1.165, 1.54) is 0 Å². The molecule has 0 bridgehead atoms. The Morgan fingerprint density at radius 3 is 2.71 bits per heavy atom. The third-order valence-corrected chi connectivity index (χ3v) is 5.30. The maximum atomic E-state index is 12.3. The number of nitrogens with zero attached hydrogens (tertiary/aromatic N) is 2. The highest BCUT2D eigenvalue weighted by Gasteiger charge is 2.10. The molecule has 0 fully saturated rings. The molecule has 7 heteroatoms. The van der Waals surface area contributed by atoms with Gasteiger partial charge in [-0.05, 0) is 30.2 Å². The van der Waals surface area contributed by atoms with Gasteiger partial charge in [-0.25, -0.2) is 0 Å². The van der Waals surface area contributed by atoms with E-state index in [1.807, 2.05) is 24.4 Å². The highest BCUT2D eigenvalue weighted by atomic mass is 35.5. The van der Waals surface area contributed by atoms with Crippen molar-refractivity contribution in [2.75, 3.05) is 5.32 Å². The van der Waals surface area contributed by atoms with Crippen LogP contribution in [0, 0.1) is 0 Å². The minimum atomic E-state index is -0.0550. The lowest BCUT2D eigenvalue weighted by atomic mass is 10.1. The minimum absolute atomic E-state index is 0.0550. The van der Waals surface area contributed by atoms with Gasteiger partial charge in [-0.15, -0.1) is 0 Å². The van der Waals surface area contributed by atoms with E-state index in [9.17, 15) is 4.79 Å². The smallest absolute Gasteiger partial charge is 0.224 e. The van der Waals surface area contributed by atoms with Gasteiger partial charge >= 0.3 is 0 Å². The predicted octanol–water partition coefficient (Wildman–Crippen LogP) is 5.29. The van der Waals surface area contributed by atoms with Crippen LogP contribution in [0.5, 0.6) is 0 Å². The molecule has 0 saturated carbocycles. The van der Waals surface area contributed by atoms with Gasteiger partial charge in [-0.3, -0.25) is 9.48 Å². The first kappa shape index (κ1) is 18.6. The molecule has 0 aliphatic heterocycles. The van der Waals surface area contributed by atoms with E-state index >= 15 is 0 Å². The van der Waals surface area contributed by atoms with Gasteiger partial charge in [0, 0.05) is 45.3 Å². The quantitative estimate of drug-likeness (QED) is 0.451. The summed E-state index contributed by atoms with van der Waals surface area (Å²) in [6, 6.07) is 13.5. The van der Waals surface area contributed by atoms with Crippen LogP contribution < -0.4 is 5.32 Å². The van der Waals surface area contributed by atoms with E-state index in [1.54, 1.807) is 35.3 Å². The summed E-state index contributed by atoms with van der Waals surface area (Å²) < 4.78 is 1.70. The molecule has 0 spiro atoms. The van der Waals surface area contributed by atoms with Crippen LogP contribution in [0.15, 0.2) is 61.1 Å². The summed E-state index contributed by atoms with van der Waals surface area (Å²) >= 11 is 12.4. The lowest BCUT2D eigenvalue weighted by Crippen LogP contribution is -2.11. The largest absolute Gasteiger partial charge is 0.361 e. The van der Waals surface area contributed by atoms with E-state index in [0.717, 1.165) is 22.0 Å². The van der Waals surface area contributed by atoms with Crippen molar-refractivity contribution in [1.82, 2.24) is 14.8 Å². The second kappa shape index (κ2) is 8.09. The normalized spacial score (nSPS) is 11.1. The Morgan fingerprint density at radius 1 is 1.11 bits per heavy atom. The van der Waals surface area contributed by atoms with Crippen LogP contribution in [0.1, 0.15) is 17.5 Å². The Hall–Kier alpha value is -2.76. The molecule has 0 aliphatic rings. The molecular formula is C21H18Cl2N4O. The summed E-state index contributed by atoms with van der Waals surface area (Å²) in [6.45, 7) is 0.434. The Labute approximate surface area is 172 Å². The first-order valence-corrected chi connectivity index (χ1v) is 9.66. The van der Waals surface area contributed by atoms with Crippen molar-refractivity contribution in [3.63, 3.8) is 0 Å². The lowest BCUT2D eigenvalue weighted by molar-refractivity contribution is -0.116. The number of para-hydroxylation sites is 1. The Bertz CT molecular complexity index is 1110. The molecule has 28 heavy (non-hydrogen) atoms. The maximum absolute atomic E-state index is 12.3. The van der Waals surface area contributed by atoms with Crippen molar-refractivity contribution >= 4 is 45.7 Å². The molecule has 2 aromatic carbocycles. The topological polar surface area (TPSA) is 62.7 Å². The van der Waals surface area contributed by atoms with Crippen LogP contribution in [-0.2, 0) is 17.8 Å². The number of fused-ring (bicyclic) bond motifs is 1. The average Bonchev–Trinajstić information content (AvgIpc) is 3.30. The fraction of sp³-hybridized carbons (Fsp3) is 0.143. The monoisotopic (exact) mass is 412 g/mol. The van der Waals surface area contributed by atoms with Crippen molar-refractivity contribution in [1.29, 1.82) is 0 Å². The van der Waals surface area contributed by atoms with Gasteiger partial charge in [0.15, 0.2) is 0 Å². The zero-order chi connectivity index (χ0) is 19.5. The maximum Gasteiger partial charge on any atom is 0.224 e. The van der Waals surface area contributed by atoms with Crippen LogP contribution in [-0.4, -0.2) is 20.7 Å². The summed E-state index contributed by atoms with van der Waals surface area (Å²) in [5.74, 6) is -0.0550. The summed E-state index contributed by atoms with van der Waals surface area (Å²) in [7, 11) is 0. The van der Waals surface area contributed by atoms with Crippen LogP contribution >= 0.6 is 23.2 Å². The fourth-order valence-corrected chi connectivity index (χ4v) is 3.69. The number of carbonyl (C=O) groups excluding carboxylic acids is 1. The number of halogens is 2. The van der Waals surface area contributed by atoms with E-state index < -0.39 is 0 Å². The highest BCUT2D eigenvalue weighted by molar-refractivity contribution is 6.35. The highest BCUT2D eigenvalue weighted by Crippen LogP contribution is 2.25. The molecule has 0 atom stereocenters. The Balaban J connectivity index is 1.36. The molecule has 1 amide bonds. The number of amides is 1. The molecule has 5 nitrogen and oxygen atoms in total. The predicted molar refractivity (Wildman–Crippen MR) is 113 cm³/mol. The standard InChI is InChI=1S/C21H18Cl2N4O/c22-18-5-3-6-19(23)17(18)13-27-12-15(11-25-27)26-21(28)9-8-14-10-24-20-7-2-1-4-16(14)20/h1-7,10-12,24H,8-9,13H2,(H,26,28). The summed E-state index contributed by atoms with van der Waals surface area (Å²) in [6.07, 6.45) is 6.41. The van der Waals surface area contributed by atoms with Gasteiger partial charge < -0.3 is 10.3 Å². The van der Waals surface area contributed by atoms with Crippen molar-refractivity contribution in [2.24, 2.45) is 0 Å². The second-order valence-corrected chi connectivity index (χ2v) is 7.35. The zero-order valence-corrected chi connectivity index (χ0v) is 16.5. The van der Waals surface area contributed by atoms with E-state index in [4.69, 9.17) is 23.2 Å². The number of carbonyl (C=O) groups is 1. The first-order chi connectivity index (χ1) is 13.6. The van der Waals surface area contributed by atoms with Gasteiger partial charge in [0.25, 0.3) is 0 Å². The van der Waals surface area contributed by atoms with Crippen LogP contribution in [0.25, 0.3) is 10.9 Å². The molecule has 4 aromatic rings. The number of nitrogens with one attached hydrogen (secondary N) is 2. The average molecular weight is 413 g/mol. The van der Waals surface area contributed by atoms with Gasteiger partial charge in [0.2, 0.25) is 5.91 Å². The van der Waals surface area contributed by atoms with Gasteiger partial charge in [0.05, 0.1) is 18.4 Å². The number of aryl methyl sites for hydroxylation is 1. The number of aromatic amines is 1. The molecular weight excluding hydrogens is 395 g/mol. The summed E-state index contributed by atoms with van der Waals surface area (Å²) in [4.78, 5) is 15.5. The molecule has 2 heterocycles. The number of anilines is 1. The molecule has 0 saturated heterocycles. The molecule has 2 N–H and O–H groups in total. The third-order valence-electron chi connectivity index (χ3n) is 4.60. The SMILES string of the molecule is O=C(CCc1c[nH]c2ccccc12)Nc1cnn(Cc2c(Cl)cccc2Cl)c1. The molecule has 142 valence electrons. The van der Waals surface area contributed by atoms with Gasteiger partial charge in [0.1, 0.15) is 0 Å². The number of hydrogen-bond donors (Lipinski definition) is 2. The molecule has 4 rings (SSSR count). The number of H-pyrrole nitrogens is 1. The fourth-order valence-electron chi connectivity index (χ4n) is 3.17. The zero-order valence-electron chi connectivity index (χ0n) is 15.0. The molecule has 0 aliphatic carbocycles. The first-order valence-electron chi connectivity index (χ1n) is 8.90. The van der Waals surface area contributed by atoms with Gasteiger partial charge in [-0.2, -0.15) is 5.10 Å². The van der Waals surface area contributed by atoms with E-state index in [-0.39, 0.29) is 5.91 Å². The van der Waals surface area contributed by atoms with Gasteiger partial charge in [-0.1, -0.05) is 47.5 Å². The molecule has 0 unspecified atom stereocenters. The van der Waals surface area contributed by atoms with Crippen molar-refractivity contribution in [3.05, 3.63) is 82.2 Å². The molecule has 2 aromatic heterocycles. The summed E-state index contributed by atoms with van der Waals surface area (Å²) in [5.41, 5.74) is 3.66. The number of aromatic nitrogens is 3. The molecule has 0 radical (unpaired) electrons.